The number of aromatic nitrogens is 2. The molecule has 0 aromatic carbocycles. The molecule has 126 valence electrons. The summed E-state index contributed by atoms with van der Waals surface area (Å²) in [4.78, 5) is 48.3. The number of carboxylic acid groups (broad SMARTS) is 1. The van der Waals surface area contributed by atoms with Gasteiger partial charge in [0, 0.05) is 38.3 Å². The lowest BCUT2D eigenvalue weighted by atomic mass is 9.98. The van der Waals surface area contributed by atoms with Crippen LogP contribution in [0.2, 0.25) is 0 Å². The number of carboxylic acids is 1. The maximum atomic E-state index is 12.5. The Morgan fingerprint density at radius 3 is 2.74 bits per heavy atom. The van der Waals surface area contributed by atoms with Gasteiger partial charge >= 0.3 is 11.7 Å². The van der Waals surface area contributed by atoms with Gasteiger partial charge in [0.15, 0.2) is 0 Å². The van der Waals surface area contributed by atoms with Crippen LogP contribution in [0.5, 0.6) is 0 Å². The monoisotopic (exact) mass is 323 g/mol. The van der Waals surface area contributed by atoms with Crippen molar-refractivity contribution < 1.29 is 14.7 Å². The summed E-state index contributed by atoms with van der Waals surface area (Å²) in [6.07, 6.45) is 4.38. The van der Waals surface area contributed by atoms with Crippen LogP contribution in [0, 0.1) is 0 Å². The number of hydrogen-bond acceptors (Lipinski definition) is 4. The van der Waals surface area contributed by atoms with Gasteiger partial charge in [0.2, 0.25) is 5.91 Å². The highest BCUT2D eigenvalue weighted by Crippen LogP contribution is 2.21. The van der Waals surface area contributed by atoms with E-state index < -0.39 is 17.2 Å². The van der Waals surface area contributed by atoms with Gasteiger partial charge in [0.1, 0.15) is 6.54 Å². The zero-order chi connectivity index (χ0) is 17.0. The number of piperidine rings is 1. The summed E-state index contributed by atoms with van der Waals surface area (Å²) in [6.45, 7) is 0.431. The maximum absolute atomic E-state index is 12.5. The molecule has 1 aliphatic heterocycles. The molecule has 0 radical (unpaired) electrons. The van der Waals surface area contributed by atoms with Crippen LogP contribution in [-0.2, 0) is 23.2 Å². The highest BCUT2D eigenvalue weighted by Gasteiger charge is 2.27. The number of nitrogens with zero attached hydrogens (tertiary/aromatic N) is 3. The molecule has 23 heavy (non-hydrogen) atoms. The van der Waals surface area contributed by atoms with E-state index in [1.807, 2.05) is 0 Å². The highest BCUT2D eigenvalue weighted by molar-refractivity contribution is 5.76. The van der Waals surface area contributed by atoms with Crippen molar-refractivity contribution in [2.24, 2.45) is 7.05 Å². The molecule has 0 aliphatic carbocycles. The fourth-order valence-electron chi connectivity index (χ4n) is 2.89. The summed E-state index contributed by atoms with van der Waals surface area (Å²) >= 11 is 0. The van der Waals surface area contributed by atoms with E-state index in [1.165, 1.54) is 23.9 Å². The molecule has 2 heterocycles. The third-order valence-corrected chi connectivity index (χ3v) is 4.20. The van der Waals surface area contributed by atoms with Crippen LogP contribution in [0.25, 0.3) is 0 Å². The van der Waals surface area contributed by atoms with Gasteiger partial charge in [-0.3, -0.25) is 23.5 Å². The van der Waals surface area contributed by atoms with Crippen molar-refractivity contribution in [2.75, 3.05) is 6.54 Å². The van der Waals surface area contributed by atoms with Crippen molar-refractivity contribution in [3.8, 4) is 0 Å². The lowest BCUT2D eigenvalue weighted by Crippen LogP contribution is -2.47. The van der Waals surface area contributed by atoms with Crippen LogP contribution in [0.4, 0.5) is 0 Å². The molecular formula is C15H21N3O5. The van der Waals surface area contributed by atoms with Gasteiger partial charge in [0.25, 0.3) is 5.56 Å². The number of carbonyl (C=O) groups is 2. The number of carbonyl (C=O) groups excluding carboxylic acids is 1. The van der Waals surface area contributed by atoms with E-state index in [-0.39, 0.29) is 24.9 Å². The van der Waals surface area contributed by atoms with Gasteiger partial charge in [-0.05, 0) is 25.7 Å². The Balaban J connectivity index is 2.11. The number of amides is 1. The van der Waals surface area contributed by atoms with Crippen molar-refractivity contribution >= 4 is 11.9 Å². The van der Waals surface area contributed by atoms with E-state index in [2.05, 4.69) is 0 Å². The molecule has 1 N–H and O–H groups in total. The largest absolute Gasteiger partial charge is 0.481 e. The first-order valence-electron chi connectivity index (χ1n) is 7.68. The van der Waals surface area contributed by atoms with E-state index in [1.54, 1.807) is 4.90 Å². The number of rotatable bonds is 5. The molecule has 1 amide bonds. The van der Waals surface area contributed by atoms with Crippen molar-refractivity contribution in [1.29, 1.82) is 0 Å². The Kier molecular flexibility index (Phi) is 5.36. The van der Waals surface area contributed by atoms with Crippen LogP contribution >= 0.6 is 0 Å². The van der Waals surface area contributed by atoms with Gasteiger partial charge < -0.3 is 10.0 Å². The predicted molar refractivity (Wildman–Crippen MR) is 82.2 cm³/mol. The van der Waals surface area contributed by atoms with Gasteiger partial charge in [-0.15, -0.1) is 0 Å². The Morgan fingerprint density at radius 2 is 2.04 bits per heavy atom. The first-order valence-corrected chi connectivity index (χ1v) is 7.68. The molecule has 1 unspecified atom stereocenters. The molecule has 8 nitrogen and oxygen atoms in total. The van der Waals surface area contributed by atoms with E-state index in [0.29, 0.717) is 13.0 Å². The molecule has 1 saturated heterocycles. The average molecular weight is 323 g/mol. The molecule has 1 aromatic rings. The fourth-order valence-corrected chi connectivity index (χ4v) is 2.89. The molecule has 1 fully saturated rings. The van der Waals surface area contributed by atoms with Crippen LogP contribution in [0.1, 0.15) is 32.1 Å². The topological polar surface area (TPSA) is 102 Å². The fraction of sp³-hybridized carbons (Fsp3) is 0.600. The lowest BCUT2D eigenvalue weighted by Gasteiger charge is -2.35. The van der Waals surface area contributed by atoms with Gasteiger partial charge in [-0.25, -0.2) is 4.79 Å². The summed E-state index contributed by atoms with van der Waals surface area (Å²) in [7, 11) is 1.36. The van der Waals surface area contributed by atoms with Crippen molar-refractivity contribution in [3.05, 3.63) is 33.1 Å². The van der Waals surface area contributed by atoms with E-state index in [9.17, 15) is 19.2 Å². The first kappa shape index (κ1) is 17.0. The second-order valence-electron chi connectivity index (χ2n) is 5.79. The minimum Gasteiger partial charge on any atom is -0.481 e. The molecule has 1 aliphatic rings. The van der Waals surface area contributed by atoms with Crippen LogP contribution < -0.4 is 11.2 Å². The quantitative estimate of drug-likeness (QED) is 0.808. The average Bonchev–Trinajstić information content (AvgIpc) is 2.53. The Morgan fingerprint density at radius 1 is 1.30 bits per heavy atom. The highest BCUT2D eigenvalue weighted by atomic mass is 16.4. The molecule has 0 spiro atoms. The summed E-state index contributed by atoms with van der Waals surface area (Å²) in [5, 5.41) is 8.82. The zero-order valence-electron chi connectivity index (χ0n) is 13.1. The van der Waals surface area contributed by atoms with Gasteiger partial charge in [0.05, 0.1) is 0 Å². The number of aliphatic carboxylic acids is 1. The maximum Gasteiger partial charge on any atom is 0.331 e. The third-order valence-electron chi connectivity index (χ3n) is 4.20. The lowest BCUT2D eigenvalue weighted by molar-refractivity contribution is -0.140. The van der Waals surface area contributed by atoms with E-state index in [0.717, 1.165) is 23.8 Å². The molecule has 1 aromatic heterocycles. The third kappa shape index (κ3) is 4.08. The predicted octanol–water partition coefficient (Wildman–Crippen LogP) is -0.207. The van der Waals surface area contributed by atoms with Crippen LogP contribution in [-0.4, -0.2) is 43.6 Å². The standard InChI is InChI=1S/C15H21N3O5/c1-16-12(19)7-9-17(15(16)23)10-13(20)18-8-3-2-4-11(18)5-6-14(21)22/h7,9,11H,2-6,8,10H2,1H3,(H,21,22). The molecule has 1 atom stereocenters. The molecule has 0 saturated carbocycles. The molecule has 0 bridgehead atoms. The van der Waals surface area contributed by atoms with E-state index >= 15 is 0 Å². The van der Waals surface area contributed by atoms with Crippen molar-refractivity contribution in [1.82, 2.24) is 14.0 Å². The van der Waals surface area contributed by atoms with Crippen molar-refractivity contribution in [3.63, 3.8) is 0 Å². The summed E-state index contributed by atoms with van der Waals surface area (Å²) < 4.78 is 2.15. The second kappa shape index (κ2) is 7.26. The second-order valence-corrected chi connectivity index (χ2v) is 5.79. The first-order chi connectivity index (χ1) is 10.9. The normalized spacial score (nSPS) is 18.0. The SMILES string of the molecule is Cn1c(=O)ccn(CC(=O)N2CCCCC2CCC(=O)O)c1=O. The minimum atomic E-state index is -0.878. The Hall–Kier alpha value is -2.38. The molecule has 2 rings (SSSR count). The molecule has 8 heteroatoms. The summed E-state index contributed by atoms with van der Waals surface area (Å²) in [5.41, 5.74) is -0.957. The van der Waals surface area contributed by atoms with E-state index in [4.69, 9.17) is 5.11 Å². The van der Waals surface area contributed by atoms with Gasteiger partial charge in [-0.2, -0.15) is 0 Å². The number of likely N-dealkylation sites (tertiary alicyclic amines) is 1. The smallest absolute Gasteiger partial charge is 0.331 e. The zero-order valence-corrected chi connectivity index (χ0v) is 13.1. The minimum absolute atomic E-state index is 0.0221. The van der Waals surface area contributed by atoms with Crippen LogP contribution in [0.15, 0.2) is 21.9 Å². The van der Waals surface area contributed by atoms with Gasteiger partial charge in [-0.1, -0.05) is 0 Å². The summed E-state index contributed by atoms with van der Waals surface area (Å²) in [6, 6.07) is 1.14. The Bertz CT molecular complexity index is 706. The molecular weight excluding hydrogens is 302 g/mol. The van der Waals surface area contributed by atoms with Crippen LogP contribution in [0.3, 0.4) is 0 Å². The Labute approximate surface area is 132 Å². The number of hydrogen-bond donors (Lipinski definition) is 1. The summed E-state index contributed by atoms with van der Waals surface area (Å²) in [5.74, 6) is -1.10. The van der Waals surface area contributed by atoms with Crippen molar-refractivity contribution in [2.45, 2.75) is 44.7 Å².